The van der Waals surface area contributed by atoms with Gasteiger partial charge in [-0.15, -0.1) is 0 Å². The minimum Gasteiger partial charge on any atom is -0.384 e. The Kier molecular flexibility index (Phi) is 8.16. The summed E-state index contributed by atoms with van der Waals surface area (Å²) < 4.78 is 41.8. The number of hydrogen-bond donors (Lipinski definition) is 2. The second-order valence-electron chi connectivity index (χ2n) is 10.7. The summed E-state index contributed by atoms with van der Waals surface area (Å²) in [7, 11) is -0.0461. The molecule has 0 bridgehead atoms. The minimum absolute atomic E-state index is 0.0627. The average molecular weight is 639 g/mol. The third-order valence-electron chi connectivity index (χ3n) is 7.76. The molecule has 2 aromatic carbocycles. The lowest BCUT2D eigenvalue weighted by molar-refractivity contribution is -0.137. The number of nitrogens with zero attached hydrogens (tertiary/aromatic N) is 3. The standard InChI is InChI=1S/C28H28Cl2F3N5O3Si/c1-14-10-18-22(13-37(14)25(40)16-4-8-20(29)19(11-16)28(31,32)33)35-27(36-42(3)17-6-7-17)38(26(18)41)23-9-5-15(12-21(23)30)24(39)34-2/h4-5,8-9,11-12,14,17,42H,6-7,10,13H2,1-3H3,(H,34,39)(H,35,36)/t14-,42+/m1/s1. The first-order chi connectivity index (χ1) is 19.8. The van der Waals surface area contributed by atoms with Crippen LogP contribution in [0.4, 0.5) is 19.1 Å². The van der Waals surface area contributed by atoms with E-state index >= 15 is 0 Å². The Bertz CT molecular complexity index is 1640. The topological polar surface area (TPSA) is 96.3 Å². The summed E-state index contributed by atoms with van der Waals surface area (Å²) in [4.78, 5) is 49.3. The van der Waals surface area contributed by atoms with Gasteiger partial charge in [0, 0.05) is 29.8 Å². The molecule has 8 nitrogen and oxygen atoms in total. The molecule has 0 spiro atoms. The molecule has 3 aromatic rings. The van der Waals surface area contributed by atoms with Crippen molar-refractivity contribution >= 4 is 49.9 Å². The summed E-state index contributed by atoms with van der Waals surface area (Å²) >= 11 is 12.3. The Morgan fingerprint density at radius 1 is 1.07 bits per heavy atom. The van der Waals surface area contributed by atoms with E-state index in [9.17, 15) is 27.6 Å². The number of benzene rings is 2. The van der Waals surface area contributed by atoms with E-state index in [1.807, 2.05) is 0 Å². The predicted molar refractivity (Wildman–Crippen MR) is 157 cm³/mol. The van der Waals surface area contributed by atoms with E-state index in [2.05, 4.69) is 16.8 Å². The lowest BCUT2D eigenvalue weighted by Crippen LogP contribution is -2.46. The van der Waals surface area contributed by atoms with Crippen LogP contribution in [0.1, 0.15) is 57.3 Å². The molecule has 14 heteroatoms. The molecule has 2 amide bonds. The third kappa shape index (κ3) is 5.79. The van der Waals surface area contributed by atoms with Crippen molar-refractivity contribution in [2.24, 2.45) is 0 Å². The van der Waals surface area contributed by atoms with Crippen LogP contribution in [0.5, 0.6) is 0 Å². The number of halogens is 5. The zero-order valence-electron chi connectivity index (χ0n) is 23.0. The van der Waals surface area contributed by atoms with E-state index < -0.39 is 37.7 Å². The lowest BCUT2D eigenvalue weighted by Gasteiger charge is -2.35. The summed E-state index contributed by atoms with van der Waals surface area (Å²) in [6, 6.07) is 7.20. The van der Waals surface area contributed by atoms with Crippen LogP contribution >= 0.6 is 23.2 Å². The fourth-order valence-corrected chi connectivity index (χ4v) is 7.70. The highest BCUT2D eigenvalue weighted by Gasteiger charge is 2.37. The SMILES string of the molecule is CNC(=O)c1ccc(-n2c(N[Si@@H](C)C3CC3)nc3c(c2=O)C[C@@H](C)N(C(=O)c2ccc(Cl)c(C(F)(F)F)c2)C3)c(Cl)c1. The van der Waals surface area contributed by atoms with E-state index in [0.717, 1.165) is 25.0 Å². The van der Waals surface area contributed by atoms with Crippen LogP contribution in [-0.2, 0) is 19.1 Å². The fourth-order valence-electron chi connectivity index (χ4n) is 5.18. The molecule has 1 aliphatic carbocycles. The molecule has 2 heterocycles. The average Bonchev–Trinajstić information content (AvgIpc) is 3.79. The Balaban J connectivity index is 1.56. The van der Waals surface area contributed by atoms with Gasteiger partial charge in [-0.1, -0.05) is 42.6 Å². The maximum Gasteiger partial charge on any atom is 0.417 e. The first kappa shape index (κ1) is 30.1. The molecule has 0 unspecified atom stereocenters. The number of rotatable bonds is 6. The molecular weight excluding hydrogens is 610 g/mol. The minimum atomic E-state index is -4.72. The van der Waals surface area contributed by atoms with Gasteiger partial charge in [-0.25, -0.2) is 9.55 Å². The number of nitrogens with one attached hydrogen (secondary N) is 2. The van der Waals surface area contributed by atoms with Crippen molar-refractivity contribution in [3.8, 4) is 5.69 Å². The van der Waals surface area contributed by atoms with Gasteiger partial charge in [0.2, 0.25) is 5.95 Å². The summed E-state index contributed by atoms with van der Waals surface area (Å²) in [5, 5.41) is 2.23. The Morgan fingerprint density at radius 2 is 1.76 bits per heavy atom. The number of fused-ring (bicyclic) bond motifs is 1. The number of carbonyl (C=O) groups is 2. The molecule has 0 saturated heterocycles. The molecule has 0 radical (unpaired) electrons. The van der Waals surface area contributed by atoms with Crippen molar-refractivity contribution in [2.75, 3.05) is 12.0 Å². The van der Waals surface area contributed by atoms with Gasteiger partial charge in [0.15, 0.2) is 0 Å². The first-order valence-electron chi connectivity index (χ1n) is 13.4. The largest absolute Gasteiger partial charge is 0.417 e. The zero-order chi connectivity index (χ0) is 30.5. The maximum atomic E-state index is 14.0. The molecule has 1 fully saturated rings. The van der Waals surface area contributed by atoms with Crippen LogP contribution in [0.15, 0.2) is 41.2 Å². The van der Waals surface area contributed by atoms with Crippen molar-refractivity contribution in [3.63, 3.8) is 0 Å². The summed E-state index contributed by atoms with van der Waals surface area (Å²) in [6.45, 7) is 3.79. The maximum absolute atomic E-state index is 14.0. The van der Waals surface area contributed by atoms with E-state index in [4.69, 9.17) is 28.2 Å². The third-order valence-corrected chi connectivity index (χ3v) is 11.2. The van der Waals surface area contributed by atoms with Gasteiger partial charge >= 0.3 is 6.18 Å². The second-order valence-corrected chi connectivity index (χ2v) is 14.3. The van der Waals surface area contributed by atoms with Gasteiger partial charge in [0.05, 0.1) is 33.5 Å². The van der Waals surface area contributed by atoms with Crippen LogP contribution in [-0.4, -0.2) is 48.3 Å². The summed E-state index contributed by atoms with van der Waals surface area (Å²) in [6.07, 6.45) is -2.39. The molecule has 1 saturated carbocycles. The van der Waals surface area contributed by atoms with Gasteiger partial charge in [-0.05, 0) is 55.3 Å². The van der Waals surface area contributed by atoms with Crippen LogP contribution in [0.25, 0.3) is 5.69 Å². The number of hydrogen-bond acceptors (Lipinski definition) is 5. The Labute approximate surface area is 251 Å². The van der Waals surface area contributed by atoms with Crippen LogP contribution in [0, 0.1) is 0 Å². The van der Waals surface area contributed by atoms with Crippen LogP contribution in [0.2, 0.25) is 22.1 Å². The number of carbonyl (C=O) groups excluding carboxylic acids is 2. The monoisotopic (exact) mass is 637 g/mol. The number of alkyl halides is 3. The molecular formula is C28H28Cl2F3N5O3Si. The number of anilines is 1. The summed E-state index contributed by atoms with van der Waals surface area (Å²) in [5.74, 6) is -0.661. The van der Waals surface area contributed by atoms with Crippen LogP contribution < -0.4 is 15.9 Å². The van der Waals surface area contributed by atoms with Crippen LogP contribution in [0.3, 0.4) is 0 Å². The predicted octanol–water partition coefficient (Wildman–Crippen LogP) is 5.43. The van der Waals surface area contributed by atoms with Crippen molar-refractivity contribution < 1.29 is 22.8 Å². The van der Waals surface area contributed by atoms with E-state index in [0.29, 0.717) is 28.0 Å². The van der Waals surface area contributed by atoms with Crippen molar-refractivity contribution in [2.45, 2.75) is 57.0 Å². The molecule has 2 aliphatic rings. The first-order valence-corrected chi connectivity index (χ1v) is 16.6. The molecule has 2 N–H and O–H groups in total. The van der Waals surface area contributed by atoms with E-state index in [-0.39, 0.29) is 41.0 Å². The molecule has 2 atom stereocenters. The highest BCUT2D eigenvalue weighted by molar-refractivity contribution is 6.63. The normalized spacial score (nSPS) is 17.4. The zero-order valence-corrected chi connectivity index (χ0v) is 25.6. The van der Waals surface area contributed by atoms with Gasteiger partial charge < -0.3 is 15.2 Å². The van der Waals surface area contributed by atoms with E-state index in [1.165, 1.54) is 28.6 Å². The number of amides is 2. The fraction of sp³-hybridized carbons (Fsp3) is 0.357. The lowest BCUT2D eigenvalue weighted by atomic mass is 9.98. The van der Waals surface area contributed by atoms with Crippen molar-refractivity contribution in [3.05, 3.63) is 84.7 Å². The van der Waals surface area contributed by atoms with E-state index in [1.54, 1.807) is 19.1 Å². The van der Waals surface area contributed by atoms with Gasteiger partial charge in [0.1, 0.15) is 8.96 Å². The number of aromatic nitrogens is 2. The van der Waals surface area contributed by atoms with Gasteiger partial charge in [0.25, 0.3) is 17.4 Å². The highest BCUT2D eigenvalue weighted by Crippen LogP contribution is 2.39. The molecule has 1 aromatic heterocycles. The second kappa shape index (κ2) is 11.4. The highest BCUT2D eigenvalue weighted by atomic mass is 35.5. The molecule has 5 rings (SSSR count). The Morgan fingerprint density at radius 3 is 2.38 bits per heavy atom. The Hall–Kier alpha value is -3.35. The van der Waals surface area contributed by atoms with Crippen molar-refractivity contribution in [1.29, 1.82) is 0 Å². The molecule has 1 aliphatic heterocycles. The van der Waals surface area contributed by atoms with Gasteiger partial charge in [-0.2, -0.15) is 13.2 Å². The quantitative estimate of drug-likeness (QED) is 0.351. The van der Waals surface area contributed by atoms with Gasteiger partial charge in [-0.3, -0.25) is 14.4 Å². The summed E-state index contributed by atoms with van der Waals surface area (Å²) in [5.41, 5.74) is 0.372. The molecule has 222 valence electrons. The smallest absolute Gasteiger partial charge is 0.384 e. The van der Waals surface area contributed by atoms with Crippen molar-refractivity contribution in [1.82, 2.24) is 19.8 Å². The molecule has 42 heavy (non-hydrogen) atoms.